The molecule has 2 fully saturated rings. The van der Waals surface area contributed by atoms with Gasteiger partial charge in [-0.15, -0.1) is 0 Å². The Balaban J connectivity index is 1.92. The summed E-state index contributed by atoms with van der Waals surface area (Å²) < 4.78 is 5.17. The number of hydrogen-bond donors (Lipinski definition) is 1. The molecule has 2 saturated heterocycles. The highest BCUT2D eigenvalue weighted by molar-refractivity contribution is 5.83. The van der Waals surface area contributed by atoms with E-state index in [1.54, 1.807) is 4.90 Å². The number of carbonyl (C=O) groups excluding carboxylic acids is 1. The van der Waals surface area contributed by atoms with E-state index < -0.39 is 12.0 Å². The Morgan fingerprint density at radius 3 is 2.55 bits per heavy atom. The minimum Gasteiger partial charge on any atom is -0.480 e. The minimum absolute atomic E-state index is 0.0906. The Hall–Kier alpha value is -1.30. The Bertz CT molecular complexity index is 353. The van der Waals surface area contributed by atoms with Crippen molar-refractivity contribution in [2.24, 2.45) is 5.92 Å². The van der Waals surface area contributed by atoms with Crippen LogP contribution in [0.15, 0.2) is 0 Å². The summed E-state index contributed by atoms with van der Waals surface area (Å²) >= 11 is 0. The van der Waals surface area contributed by atoms with Gasteiger partial charge in [0.1, 0.15) is 0 Å². The van der Waals surface area contributed by atoms with Gasteiger partial charge in [-0.3, -0.25) is 0 Å². The number of likely N-dealkylation sites (tertiary alicyclic amines) is 1. The summed E-state index contributed by atoms with van der Waals surface area (Å²) in [6.45, 7) is 4.54. The van der Waals surface area contributed by atoms with Crippen molar-refractivity contribution >= 4 is 12.0 Å². The molecule has 1 N–H and O–H groups in total. The summed E-state index contributed by atoms with van der Waals surface area (Å²) in [6.07, 6.45) is 4.46. The molecule has 20 heavy (non-hydrogen) atoms. The maximum absolute atomic E-state index is 12.5. The highest BCUT2D eigenvalue weighted by atomic mass is 16.5. The average Bonchev–Trinajstić information content (AvgIpc) is 2.47. The molecule has 0 aromatic carbocycles. The third kappa shape index (κ3) is 3.42. The normalized spacial score (nSPS) is 24.8. The number of amides is 2. The van der Waals surface area contributed by atoms with E-state index in [1.165, 1.54) is 17.7 Å². The van der Waals surface area contributed by atoms with E-state index in [4.69, 9.17) is 4.74 Å². The monoisotopic (exact) mass is 284 g/mol. The van der Waals surface area contributed by atoms with Crippen LogP contribution in [0.25, 0.3) is 0 Å². The predicted octanol–water partition coefficient (Wildman–Crippen LogP) is 1.40. The molecule has 2 aliphatic rings. The van der Waals surface area contributed by atoms with E-state index >= 15 is 0 Å². The topological polar surface area (TPSA) is 70.1 Å². The van der Waals surface area contributed by atoms with E-state index in [0.29, 0.717) is 19.1 Å². The van der Waals surface area contributed by atoms with Crippen molar-refractivity contribution in [1.82, 2.24) is 9.80 Å². The Morgan fingerprint density at radius 2 is 1.95 bits per heavy atom. The van der Waals surface area contributed by atoms with Crippen LogP contribution in [0, 0.1) is 5.92 Å². The molecule has 1 unspecified atom stereocenters. The van der Waals surface area contributed by atoms with E-state index in [9.17, 15) is 14.7 Å². The zero-order valence-electron chi connectivity index (χ0n) is 12.1. The molecule has 0 saturated carbocycles. The lowest BCUT2D eigenvalue weighted by Gasteiger charge is -2.39. The molecule has 6 nitrogen and oxygen atoms in total. The SMILES string of the molecule is CCCC1CCN(C(=O)N2CCOCC2C(=O)O)CC1. The van der Waals surface area contributed by atoms with Crippen LogP contribution in [-0.4, -0.2) is 65.8 Å². The lowest BCUT2D eigenvalue weighted by atomic mass is 9.93. The standard InChI is InChI=1S/C14H24N2O4/c1-2-3-11-4-6-15(7-5-11)14(19)16-8-9-20-10-12(16)13(17)18/h11-12H,2-10H2,1H3,(H,17,18). The van der Waals surface area contributed by atoms with E-state index in [0.717, 1.165) is 25.9 Å². The summed E-state index contributed by atoms with van der Waals surface area (Å²) in [6, 6.07) is -0.986. The molecule has 0 aliphatic carbocycles. The molecule has 0 bridgehead atoms. The lowest BCUT2D eigenvalue weighted by molar-refractivity contribution is -0.147. The van der Waals surface area contributed by atoms with E-state index in [-0.39, 0.29) is 12.6 Å². The molecule has 0 spiro atoms. The van der Waals surface area contributed by atoms with E-state index in [1.807, 2.05) is 0 Å². The highest BCUT2D eigenvalue weighted by Gasteiger charge is 2.36. The molecule has 0 aromatic rings. The molecule has 2 heterocycles. The summed E-state index contributed by atoms with van der Waals surface area (Å²) in [5.74, 6) is -0.275. The van der Waals surface area contributed by atoms with Gasteiger partial charge in [0.25, 0.3) is 0 Å². The fourth-order valence-corrected chi connectivity index (χ4v) is 3.04. The van der Waals surface area contributed by atoms with Crippen molar-refractivity contribution in [1.29, 1.82) is 0 Å². The van der Waals surface area contributed by atoms with Gasteiger partial charge in [-0.2, -0.15) is 0 Å². The maximum atomic E-state index is 12.5. The molecule has 114 valence electrons. The Morgan fingerprint density at radius 1 is 1.25 bits per heavy atom. The van der Waals surface area contributed by atoms with Gasteiger partial charge in [0, 0.05) is 19.6 Å². The van der Waals surface area contributed by atoms with Crippen molar-refractivity contribution in [3.05, 3.63) is 0 Å². The van der Waals surface area contributed by atoms with Crippen molar-refractivity contribution in [3.63, 3.8) is 0 Å². The van der Waals surface area contributed by atoms with Crippen molar-refractivity contribution in [2.45, 2.75) is 38.6 Å². The number of carboxylic acid groups (broad SMARTS) is 1. The summed E-state index contributed by atoms with van der Waals surface area (Å²) in [5, 5.41) is 9.18. The third-order valence-electron chi connectivity index (χ3n) is 4.24. The van der Waals surface area contributed by atoms with Crippen LogP contribution >= 0.6 is 0 Å². The van der Waals surface area contributed by atoms with Crippen LogP contribution in [0.1, 0.15) is 32.6 Å². The summed E-state index contributed by atoms with van der Waals surface area (Å²) in [7, 11) is 0. The second-order valence-corrected chi connectivity index (χ2v) is 5.62. The van der Waals surface area contributed by atoms with Gasteiger partial charge in [0.2, 0.25) is 0 Å². The second kappa shape index (κ2) is 6.92. The maximum Gasteiger partial charge on any atom is 0.328 e. The number of aliphatic carboxylic acids is 1. The van der Waals surface area contributed by atoms with Gasteiger partial charge in [0.05, 0.1) is 13.2 Å². The highest BCUT2D eigenvalue weighted by Crippen LogP contribution is 2.23. The number of rotatable bonds is 3. The number of urea groups is 1. The quantitative estimate of drug-likeness (QED) is 0.850. The number of carbonyl (C=O) groups is 2. The van der Waals surface area contributed by atoms with Crippen molar-refractivity contribution < 1.29 is 19.4 Å². The Labute approximate surface area is 119 Å². The molecule has 2 aliphatic heterocycles. The van der Waals surface area contributed by atoms with Crippen LogP contribution in [0.5, 0.6) is 0 Å². The van der Waals surface area contributed by atoms with E-state index in [2.05, 4.69) is 6.92 Å². The number of ether oxygens (including phenoxy) is 1. The molecular formula is C14H24N2O4. The fraction of sp³-hybridized carbons (Fsp3) is 0.857. The number of hydrogen-bond acceptors (Lipinski definition) is 3. The van der Waals surface area contributed by atoms with Crippen LogP contribution in [-0.2, 0) is 9.53 Å². The second-order valence-electron chi connectivity index (χ2n) is 5.62. The van der Waals surface area contributed by atoms with Crippen LogP contribution in [0.3, 0.4) is 0 Å². The van der Waals surface area contributed by atoms with Gasteiger partial charge in [0.15, 0.2) is 6.04 Å². The van der Waals surface area contributed by atoms with Gasteiger partial charge in [-0.25, -0.2) is 9.59 Å². The first-order valence-corrected chi connectivity index (χ1v) is 7.49. The molecule has 1 atom stereocenters. The van der Waals surface area contributed by atoms with Crippen LogP contribution in [0.4, 0.5) is 4.79 Å². The van der Waals surface area contributed by atoms with Gasteiger partial charge >= 0.3 is 12.0 Å². The van der Waals surface area contributed by atoms with Gasteiger partial charge in [-0.1, -0.05) is 19.8 Å². The zero-order valence-corrected chi connectivity index (χ0v) is 12.1. The predicted molar refractivity (Wildman–Crippen MR) is 73.5 cm³/mol. The van der Waals surface area contributed by atoms with Gasteiger partial charge in [-0.05, 0) is 18.8 Å². The molecule has 0 radical (unpaired) electrons. The minimum atomic E-state index is -0.987. The number of carboxylic acids is 1. The zero-order chi connectivity index (χ0) is 14.5. The van der Waals surface area contributed by atoms with Crippen LogP contribution in [0.2, 0.25) is 0 Å². The first-order chi connectivity index (χ1) is 9.63. The first-order valence-electron chi connectivity index (χ1n) is 7.49. The first kappa shape index (κ1) is 15.1. The summed E-state index contributed by atoms with van der Waals surface area (Å²) in [5.41, 5.74) is 0. The third-order valence-corrected chi connectivity index (χ3v) is 4.24. The number of morpholine rings is 1. The molecule has 0 aromatic heterocycles. The smallest absolute Gasteiger partial charge is 0.328 e. The van der Waals surface area contributed by atoms with Gasteiger partial charge < -0.3 is 19.6 Å². The fourth-order valence-electron chi connectivity index (χ4n) is 3.04. The Kier molecular flexibility index (Phi) is 5.23. The van der Waals surface area contributed by atoms with Crippen LogP contribution < -0.4 is 0 Å². The largest absolute Gasteiger partial charge is 0.480 e. The van der Waals surface area contributed by atoms with Crippen molar-refractivity contribution in [3.8, 4) is 0 Å². The van der Waals surface area contributed by atoms with Crippen molar-refractivity contribution in [2.75, 3.05) is 32.8 Å². The molecule has 6 heteroatoms. The number of nitrogens with zero attached hydrogens (tertiary/aromatic N) is 2. The lowest BCUT2D eigenvalue weighted by Crippen LogP contribution is -2.57. The average molecular weight is 284 g/mol. The summed E-state index contributed by atoms with van der Waals surface area (Å²) in [4.78, 5) is 26.9. The molecule has 2 amide bonds. The molecular weight excluding hydrogens is 260 g/mol. The number of piperidine rings is 1. The molecule has 2 rings (SSSR count).